The number of nitrogens with one attached hydrogen (secondary N) is 1. The van der Waals surface area contributed by atoms with Gasteiger partial charge in [-0.15, -0.1) is 0 Å². The fraction of sp³-hybridized carbons (Fsp3) is 0.538. The van der Waals surface area contributed by atoms with E-state index < -0.39 is 18.6 Å². The van der Waals surface area contributed by atoms with E-state index >= 15 is 0 Å². The Kier molecular flexibility index (Phi) is 5.02. The molecule has 0 fully saturated rings. The molecule has 0 heterocycles. The zero-order chi connectivity index (χ0) is 13.8. The summed E-state index contributed by atoms with van der Waals surface area (Å²) >= 11 is 0. The molecule has 0 bridgehead atoms. The Hall–Kier alpha value is -1.23. The lowest BCUT2D eigenvalue weighted by molar-refractivity contribution is -0.139. The Labute approximate surface area is 105 Å². The Morgan fingerprint density at radius 2 is 1.72 bits per heavy atom. The van der Waals surface area contributed by atoms with Crippen molar-refractivity contribution in [2.45, 2.75) is 38.5 Å². The molecule has 0 saturated heterocycles. The van der Waals surface area contributed by atoms with Crippen LogP contribution in [0, 0.1) is 0 Å². The molecule has 18 heavy (non-hydrogen) atoms. The topological polar surface area (TPSA) is 21.3 Å². The minimum atomic E-state index is -4.13. The first-order valence-corrected chi connectivity index (χ1v) is 5.78. The summed E-state index contributed by atoms with van der Waals surface area (Å²) in [4.78, 5) is 0. The van der Waals surface area contributed by atoms with E-state index in [1.165, 1.54) is 6.92 Å². The molecule has 1 aromatic carbocycles. The van der Waals surface area contributed by atoms with E-state index in [1.807, 2.05) is 19.1 Å². The Bertz CT molecular complexity index is 361. The highest BCUT2D eigenvalue weighted by atomic mass is 19.4. The van der Waals surface area contributed by atoms with Crippen LogP contribution in [-0.4, -0.2) is 19.3 Å². The van der Waals surface area contributed by atoms with Crippen LogP contribution in [0.25, 0.3) is 0 Å². The van der Waals surface area contributed by atoms with E-state index in [2.05, 4.69) is 5.32 Å². The Morgan fingerprint density at radius 1 is 1.17 bits per heavy atom. The SMILES string of the molecule is COc1ccc(C(C)NC(C)CC(F)(F)F)cc1. The largest absolute Gasteiger partial charge is 0.497 e. The van der Waals surface area contributed by atoms with Gasteiger partial charge < -0.3 is 10.1 Å². The van der Waals surface area contributed by atoms with E-state index in [-0.39, 0.29) is 6.04 Å². The minimum Gasteiger partial charge on any atom is -0.497 e. The monoisotopic (exact) mass is 261 g/mol. The molecule has 0 aliphatic heterocycles. The number of benzene rings is 1. The van der Waals surface area contributed by atoms with Gasteiger partial charge in [-0.05, 0) is 31.5 Å². The Morgan fingerprint density at radius 3 is 2.17 bits per heavy atom. The molecule has 0 spiro atoms. The molecule has 102 valence electrons. The van der Waals surface area contributed by atoms with Gasteiger partial charge in [0.1, 0.15) is 5.75 Å². The van der Waals surface area contributed by atoms with Crippen LogP contribution in [0.5, 0.6) is 5.75 Å². The average molecular weight is 261 g/mol. The van der Waals surface area contributed by atoms with Crippen LogP contribution in [0.1, 0.15) is 31.9 Å². The van der Waals surface area contributed by atoms with Gasteiger partial charge in [0.05, 0.1) is 13.5 Å². The fourth-order valence-electron chi connectivity index (χ4n) is 1.82. The number of hydrogen-bond acceptors (Lipinski definition) is 2. The molecule has 0 aromatic heterocycles. The molecule has 5 heteroatoms. The van der Waals surface area contributed by atoms with Crippen LogP contribution in [0.4, 0.5) is 13.2 Å². The normalized spacial score (nSPS) is 15.2. The summed E-state index contributed by atoms with van der Waals surface area (Å²) in [7, 11) is 1.57. The maximum atomic E-state index is 12.2. The van der Waals surface area contributed by atoms with Crippen LogP contribution in [0.3, 0.4) is 0 Å². The first kappa shape index (κ1) is 14.8. The fourth-order valence-corrected chi connectivity index (χ4v) is 1.82. The van der Waals surface area contributed by atoms with E-state index in [0.717, 1.165) is 11.3 Å². The molecule has 2 nitrogen and oxygen atoms in total. The average Bonchev–Trinajstić information content (AvgIpc) is 2.26. The molecule has 1 rings (SSSR count). The third kappa shape index (κ3) is 4.96. The summed E-state index contributed by atoms with van der Waals surface area (Å²) < 4.78 is 41.6. The predicted molar refractivity (Wildman–Crippen MR) is 64.7 cm³/mol. The number of ether oxygens (including phenoxy) is 1. The standard InChI is InChI=1S/C13H18F3NO/c1-9(8-13(14,15)16)17-10(2)11-4-6-12(18-3)7-5-11/h4-7,9-10,17H,8H2,1-3H3. The molecule has 0 aliphatic rings. The second kappa shape index (κ2) is 6.09. The highest BCUT2D eigenvalue weighted by molar-refractivity contribution is 5.28. The minimum absolute atomic E-state index is 0.131. The van der Waals surface area contributed by atoms with E-state index in [1.54, 1.807) is 19.2 Å². The summed E-state index contributed by atoms with van der Waals surface area (Å²) in [5, 5.41) is 2.93. The molecule has 0 aliphatic carbocycles. The van der Waals surface area contributed by atoms with Gasteiger partial charge in [-0.25, -0.2) is 0 Å². The first-order valence-electron chi connectivity index (χ1n) is 5.78. The van der Waals surface area contributed by atoms with Gasteiger partial charge in [-0.2, -0.15) is 13.2 Å². The maximum Gasteiger partial charge on any atom is 0.390 e. The van der Waals surface area contributed by atoms with E-state index in [0.29, 0.717) is 0 Å². The van der Waals surface area contributed by atoms with Crippen molar-refractivity contribution in [2.75, 3.05) is 7.11 Å². The van der Waals surface area contributed by atoms with Crippen LogP contribution < -0.4 is 10.1 Å². The summed E-state index contributed by atoms with van der Waals surface area (Å²) in [6.07, 6.45) is -4.96. The third-order valence-corrected chi connectivity index (χ3v) is 2.69. The smallest absolute Gasteiger partial charge is 0.390 e. The predicted octanol–water partition coefficient (Wildman–Crippen LogP) is 3.69. The van der Waals surface area contributed by atoms with Crippen molar-refractivity contribution in [3.63, 3.8) is 0 Å². The maximum absolute atomic E-state index is 12.2. The number of alkyl halides is 3. The number of rotatable bonds is 5. The third-order valence-electron chi connectivity index (χ3n) is 2.69. The van der Waals surface area contributed by atoms with Crippen LogP contribution in [0.2, 0.25) is 0 Å². The van der Waals surface area contributed by atoms with Gasteiger partial charge in [-0.1, -0.05) is 12.1 Å². The van der Waals surface area contributed by atoms with Crippen molar-refractivity contribution in [1.29, 1.82) is 0 Å². The second-order valence-corrected chi connectivity index (χ2v) is 4.38. The van der Waals surface area contributed by atoms with Crippen LogP contribution in [0.15, 0.2) is 24.3 Å². The second-order valence-electron chi connectivity index (χ2n) is 4.38. The van der Waals surface area contributed by atoms with Gasteiger partial charge in [0.15, 0.2) is 0 Å². The number of halogens is 3. The van der Waals surface area contributed by atoms with Gasteiger partial charge in [-0.3, -0.25) is 0 Å². The highest BCUT2D eigenvalue weighted by Crippen LogP contribution is 2.23. The molecule has 1 aromatic rings. The molecule has 0 radical (unpaired) electrons. The molecule has 2 unspecified atom stereocenters. The van der Waals surface area contributed by atoms with E-state index in [4.69, 9.17) is 4.74 Å². The quantitative estimate of drug-likeness (QED) is 0.872. The number of hydrogen-bond donors (Lipinski definition) is 1. The summed E-state index contributed by atoms with van der Waals surface area (Å²) in [6, 6.07) is 6.53. The molecular weight excluding hydrogens is 243 g/mol. The Balaban J connectivity index is 2.56. The van der Waals surface area contributed by atoms with Gasteiger partial charge in [0.2, 0.25) is 0 Å². The van der Waals surface area contributed by atoms with Crippen molar-refractivity contribution >= 4 is 0 Å². The summed E-state index contributed by atoms with van der Waals surface area (Å²) in [5.41, 5.74) is 0.935. The van der Waals surface area contributed by atoms with Crippen LogP contribution in [-0.2, 0) is 0 Å². The van der Waals surface area contributed by atoms with Gasteiger partial charge in [0, 0.05) is 12.1 Å². The molecule has 2 atom stereocenters. The van der Waals surface area contributed by atoms with Crippen molar-refractivity contribution < 1.29 is 17.9 Å². The number of methoxy groups -OCH3 is 1. The molecule has 0 saturated carbocycles. The lowest BCUT2D eigenvalue weighted by Gasteiger charge is -2.21. The van der Waals surface area contributed by atoms with Gasteiger partial charge >= 0.3 is 6.18 Å². The molecule has 1 N–H and O–H groups in total. The molecular formula is C13H18F3NO. The van der Waals surface area contributed by atoms with Crippen molar-refractivity contribution in [3.8, 4) is 5.75 Å². The van der Waals surface area contributed by atoms with Gasteiger partial charge in [0.25, 0.3) is 0 Å². The zero-order valence-corrected chi connectivity index (χ0v) is 10.7. The lowest BCUT2D eigenvalue weighted by Crippen LogP contribution is -2.33. The summed E-state index contributed by atoms with van der Waals surface area (Å²) in [5.74, 6) is 0.731. The van der Waals surface area contributed by atoms with Crippen molar-refractivity contribution in [2.24, 2.45) is 0 Å². The lowest BCUT2D eigenvalue weighted by atomic mass is 10.1. The first-order chi connectivity index (χ1) is 8.31. The van der Waals surface area contributed by atoms with Crippen molar-refractivity contribution in [3.05, 3.63) is 29.8 Å². The highest BCUT2D eigenvalue weighted by Gasteiger charge is 2.30. The van der Waals surface area contributed by atoms with E-state index in [9.17, 15) is 13.2 Å². The van der Waals surface area contributed by atoms with Crippen molar-refractivity contribution in [1.82, 2.24) is 5.32 Å². The zero-order valence-electron chi connectivity index (χ0n) is 10.7. The summed E-state index contributed by atoms with van der Waals surface area (Å²) in [6.45, 7) is 3.38. The van der Waals surface area contributed by atoms with Crippen LogP contribution >= 0.6 is 0 Å². The molecule has 0 amide bonds.